The van der Waals surface area contributed by atoms with E-state index in [1.54, 1.807) is 0 Å². The highest BCUT2D eigenvalue weighted by molar-refractivity contribution is 5.40. The van der Waals surface area contributed by atoms with Gasteiger partial charge in [0.2, 0.25) is 0 Å². The van der Waals surface area contributed by atoms with Gasteiger partial charge in [0.1, 0.15) is 0 Å². The summed E-state index contributed by atoms with van der Waals surface area (Å²) in [5.41, 5.74) is 7.93. The molecule has 0 aromatic heterocycles. The van der Waals surface area contributed by atoms with Crippen LogP contribution >= 0.6 is 0 Å². The van der Waals surface area contributed by atoms with Gasteiger partial charge in [-0.2, -0.15) is 0 Å². The maximum Gasteiger partial charge on any atom is 0.0730 e. The zero-order valence-corrected chi connectivity index (χ0v) is 11.9. The topological polar surface area (TPSA) is 46.2 Å². The highest BCUT2D eigenvalue weighted by Crippen LogP contribution is 2.49. The SMILES string of the molecule is CC(O)(CC1CC1)C1(CN)CCCc2ccccc21. The molecule has 1 aromatic carbocycles. The molecule has 3 rings (SSSR count). The summed E-state index contributed by atoms with van der Waals surface area (Å²) in [5.74, 6) is 0.715. The summed E-state index contributed by atoms with van der Waals surface area (Å²) in [6.45, 7) is 2.56. The first kappa shape index (κ1) is 13.1. The fourth-order valence-electron chi connectivity index (χ4n) is 3.99. The Morgan fingerprint density at radius 3 is 2.79 bits per heavy atom. The lowest BCUT2D eigenvalue weighted by Crippen LogP contribution is -2.56. The largest absolute Gasteiger partial charge is 0.389 e. The van der Waals surface area contributed by atoms with Crippen LogP contribution in [0.2, 0.25) is 0 Å². The van der Waals surface area contributed by atoms with E-state index < -0.39 is 5.60 Å². The minimum absolute atomic E-state index is 0.246. The first-order chi connectivity index (χ1) is 9.09. The van der Waals surface area contributed by atoms with Crippen LogP contribution in [-0.2, 0) is 11.8 Å². The third-order valence-electron chi connectivity index (χ3n) is 5.35. The number of rotatable bonds is 4. The number of nitrogens with two attached hydrogens (primary N) is 1. The normalized spacial score (nSPS) is 29.6. The molecular weight excluding hydrogens is 234 g/mol. The predicted octanol–water partition coefficient (Wildman–Crippen LogP) is 2.77. The van der Waals surface area contributed by atoms with Gasteiger partial charge in [0.05, 0.1) is 5.60 Å². The van der Waals surface area contributed by atoms with Crippen molar-refractivity contribution in [2.75, 3.05) is 6.54 Å². The number of hydrogen-bond acceptors (Lipinski definition) is 2. The van der Waals surface area contributed by atoms with E-state index in [-0.39, 0.29) is 5.41 Å². The Labute approximate surface area is 116 Å². The number of aliphatic hydroxyl groups is 1. The molecule has 0 amide bonds. The molecular formula is C17H25NO. The number of benzene rings is 1. The van der Waals surface area contributed by atoms with Crippen molar-refractivity contribution < 1.29 is 5.11 Å². The van der Waals surface area contributed by atoms with Crippen LogP contribution in [0, 0.1) is 5.92 Å². The van der Waals surface area contributed by atoms with Gasteiger partial charge in [-0.15, -0.1) is 0 Å². The Hall–Kier alpha value is -0.860. The van der Waals surface area contributed by atoms with Crippen LogP contribution in [0.1, 0.15) is 50.2 Å². The van der Waals surface area contributed by atoms with Crippen molar-refractivity contribution in [1.82, 2.24) is 0 Å². The minimum atomic E-state index is -0.681. The molecule has 2 heteroatoms. The average Bonchev–Trinajstić information content (AvgIpc) is 3.21. The minimum Gasteiger partial charge on any atom is -0.389 e. The van der Waals surface area contributed by atoms with Gasteiger partial charge in [-0.25, -0.2) is 0 Å². The molecule has 0 saturated heterocycles. The summed E-state index contributed by atoms with van der Waals surface area (Å²) in [7, 11) is 0. The summed E-state index contributed by atoms with van der Waals surface area (Å²) in [4.78, 5) is 0. The van der Waals surface area contributed by atoms with E-state index in [0.29, 0.717) is 12.5 Å². The molecule has 2 nitrogen and oxygen atoms in total. The lowest BCUT2D eigenvalue weighted by Gasteiger charge is -2.49. The summed E-state index contributed by atoms with van der Waals surface area (Å²) in [6.07, 6.45) is 6.72. The summed E-state index contributed by atoms with van der Waals surface area (Å²) >= 11 is 0. The molecule has 2 unspecified atom stereocenters. The molecule has 3 N–H and O–H groups in total. The Bertz CT molecular complexity index is 464. The first-order valence-corrected chi connectivity index (χ1v) is 7.60. The standard InChI is InChI=1S/C17H25NO/c1-16(19,11-13-8-9-13)17(12-18)10-4-6-14-5-2-3-7-15(14)17/h2-3,5,7,13,19H,4,6,8-12,18H2,1H3. The van der Waals surface area contributed by atoms with E-state index >= 15 is 0 Å². The molecule has 2 aliphatic rings. The third kappa shape index (κ3) is 2.11. The van der Waals surface area contributed by atoms with Crippen LogP contribution in [0.5, 0.6) is 0 Å². The second kappa shape index (κ2) is 4.60. The van der Waals surface area contributed by atoms with Gasteiger partial charge in [-0.3, -0.25) is 0 Å². The van der Waals surface area contributed by atoms with Gasteiger partial charge >= 0.3 is 0 Å². The van der Waals surface area contributed by atoms with Gasteiger partial charge in [0, 0.05) is 12.0 Å². The summed E-state index contributed by atoms with van der Waals surface area (Å²) in [6, 6.07) is 8.57. The quantitative estimate of drug-likeness (QED) is 0.873. The molecule has 0 radical (unpaired) electrons. The molecule has 1 saturated carbocycles. The maximum absolute atomic E-state index is 11.2. The lowest BCUT2D eigenvalue weighted by molar-refractivity contribution is -0.0402. The molecule has 0 aliphatic heterocycles. The number of hydrogen-bond donors (Lipinski definition) is 2. The van der Waals surface area contributed by atoms with Crippen molar-refractivity contribution >= 4 is 0 Å². The van der Waals surface area contributed by atoms with Crippen LogP contribution in [-0.4, -0.2) is 17.3 Å². The molecule has 0 spiro atoms. The zero-order valence-electron chi connectivity index (χ0n) is 11.9. The van der Waals surface area contributed by atoms with Gasteiger partial charge in [0.15, 0.2) is 0 Å². The Balaban J connectivity index is 2.03. The lowest BCUT2D eigenvalue weighted by atomic mass is 9.59. The highest BCUT2D eigenvalue weighted by atomic mass is 16.3. The Morgan fingerprint density at radius 1 is 1.37 bits per heavy atom. The summed E-state index contributed by atoms with van der Waals surface area (Å²) in [5, 5.41) is 11.2. The third-order valence-corrected chi connectivity index (χ3v) is 5.35. The van der Waals surface area contributed by atoms with Crippen molar-refractivity contribution in [3.05, 3.63) is 35.4 Å². The van der Waals surface area contributed by atoms with E-state index in [1.807, 2.05) is 6.92 Å². The zero-order chi connectivity index (χ0) is 13.5. The molecule has 0 bridgehead atoms. The van der Waals surface area contributed by atoms with Crippen LogP contribution in [0.4, 0.5) is 0 Å². The van der Waals surface area contributed by atoms with Crippen LogP contribution in [0.15, 0.2) is 24.3 Å². The molecule has 0 heterocycles. The molecule has 2 atom stereocenters. The summed E-state index contributed by atoms with van der Waals surface area (Å²) < 4.78 is 0. The molecule has 2 aliphatic carbocycles. The number of aryl methyl sites for hydroxylation is 1. The molecule has 1 fully saturated rings. The van der Waals surface area contributed by atoms with E-state index in [2.05, 4.69) is 24.3 Å². The fraction of sp³-hybridized carbons (Fsp3) is 0.647. The van der Waals surface area contributed by atoms with Gasteiger partial charge < -0.3 is 10.8 Å². The fourth-order valence-corrected chi connectivity index (χ4v) is 3.99. The average molecular weight is 259 g/mol. The van der Waals surface area contributed by atoms with E-state index in [0.717, 1.165) is 25.7 Å². The molecule has 104 valence electrons. The Kier molecular flexibility index (Phi) is 3.18. The van der Waals surface area contributed by atoms with Gasteiger partial charge in [-0.1, -0.05) is 37.1 Å². The number of fused-ring (bicyclic) bond motifs is 1. The van der Waals surface area contributed by atoms with Gasteiger partial charge in [0.25, 0.3) is 0 Å². The smallest absolute Gasteiger partial charge is 0.0730 e. The highest BCUT2D eigenvalue weighted by Gasteiger charge is 2.50. The van der Waals surface area contributed by atoms with Crippen molar-refractivity contribution in [2.45, 2.75) is 56.5 Å². The van der Waals surface area contributed by atoms with Crippen LogP contribution in [0.25, 0.3) is 0 Å². The van der Waals surface area contributed by atoms with E-state index in [4.69, 9.17) is 5.73 Å². The van der Waals surface area contributed by atoms with Crippen molar-refractivity contribution in [1.29, 1.82) is 0 Å². The van der Waals surface area contributed by atoms with E-state index in [1.165, 1.54) is 24.0 Å². The van der Waals surface area contributed by atoms with Crippen LogP contribution < -0.4 is 5.73 Å². The predicted molar refractivity (Wildman–Crippen MR) is 78.1 cm³/mol. The first-order valence-electron chi connectivity index (χ1n) is 7.60. The van der Waals surface area contributed by atoms with Gasteiger partial charge in [-0.05, 0) is 49.7 Å². The second-order valence-electron chi connectivity index (χ2n) is 6.72. The van der Waals surface area contributed by atoms with E-state index in [9.17, 15) is 5.11 Å². The second-order valence-corrected chi connectivity index (χ2v) is 6.72. The van der Waals surface area contributed by atoms with Crippen molar-refractivity contribution in [3.8, 4) is 0 Å². The monoisotopic (exact) mass is 259 g/mol. The molecule has 1 aromatic rings. The Morgan fingerprint density at radius 2 is 2.11 bits per heavy atom. The van der Waals surface area contributed by atoms with Crippen molar-refractivity contribution in [3.63, 3.8) is 0 Å². The van der Waals surface area contributed by atoms with Crippen molar-refractivity contribution in [2.24, 2.45) is 11.7 Å². The maximum atomic E-state index is 11.2. The van der Waals surface area contributed by atoms with Crippen LogP contribution in [0.3, 0.4) is 0 Å². The molecule has 19 heavy (non-hydrogen) atoms.